The number of ether oxygens (including phenoxy) is 1. The summed E-state index contributed by atoms with van der Waals surface area (Å²) in [5.41, 5.74) is 2.55. The summed E-state index contributed by atoms with van der Waals surface area (Å²) in [6.45, 7) is 3.37. The van der Waals surface area contributed by atoms with E-state index >= 15 is 0 Å². The maximum absolute atomic E-state index is 12.3. The van der Waals surface area contributed by atoms with E-state index in [-0.39, 0.29) is 12.4 Å². The number of thiazole rings is 1. The number of benzene rings is 1. The molecule has 0 N–H and O–H groups in total. The normalized spacial score (nSPS) is 15.1. The Labute approximate surface area is 152 Å². The molecule has 1 aliphatic carbocycles. The molecule has 25 heavy (non-hydrogen) atoms. The Kier molecular flexibility index (Phi) is 5.63. The van der Waals surface area contributed by atoms with Gasteiger partial charge in [0.2, 0.25) is 0 Å². The number of carbonyl (C=O) groups is 2. The Morgan fingerprint density at radius 3 is 2.40 bits per heavy atom. The molecule has 1 aromatic carbocycles. The first-order chi connectivity index (χ1) is 12.0. The van der Waals surface area contributed by atoms with E-state index in [2.05, 4.69) is 4.98 Å². The van der Waals surface area contributed by atoms with Gasteiger partial charge in [0.1, 0.15) is 4.88 Å². The molecule has 0 bridgehead atoms. The Balaban J connectivity index is 1.57. The van der Waals surface area contributed by atoms with Crippen LogP contribution >= 0.6 is 11.3 Å². The average molecular weight is 357 g/mol. The van der Waals surface area contributed by atoms with Gasteiger partial charge < -0.3 is 4.74 Å². The number of rotatable bonds is 5. The second kappa shape index (κ2) is 7.91. The Hall–Kier alpha value is -2.01. The number of carbonyl (C=O) groups excluding carboxylic acids is 2. The van der Waals surface area contributed by atoms with E-state index in [1.165, 1.54) is 49.0 Å². The first kappa shape index (κ1) is 17.8. The summed E-state index contributed by atoms with van der Waals surface area (Å²) in [5.74, 6) is -0.0361. The van der Waals surface area contributed by atoms with Crippen LogP contribution in [-0.2, 0) is 4.74 Å². The van der Waals surface area contributed by atoms with Gasteiger partial charge in [0.05, 0.1) is 10.7 Å². The Morgan fingerprint density at radius 2 is 1.80 bits per heavy atom. The van der Waals surface area contributed by atoms with E-state index in [0.29, 0.717) is 22.1 Å². The predicted molar refractivity (Wildman–Crippen MR) is 98.5 cm³/mol. The molecule has 0 unspecified atom stereocenters. The molecule has 5 heteroatoms. The van der Waals surface area contributed by atoms with Crippen molar-refractivity contribution in [2.24, 2.45) is 0 Å². The second-order valence-corrected chi connectivity index (χ2v) is 7.81. The summed E-state index contributed by atoms with van der Waals surface area (Å²) in [4.78, 5) is 29.0. The molecule has 0 saturated heterocycles. The van der Waals surface area contributed by atoms with Gasteiger partial charge in [0, 0.05) is 5.56 Å². The summed E-state index contributed by atoms with van der Waals surface area (Å²) in [6.07, 6.45) is 6.38. The molecule has 0 spiro atoms. The summed E-state index contributed by atoms with van der Waals surface area (Å²) in [7, 11) is 0. The lowest BCUT2D eigenvalue weighted by Crippen LogP contribution is -2.14. The number of hydrogen-bond donors (Lipinski definition) is 0. The Bertz CT molecular complexity index is 758. The van der Waals surface area contributed by atoms with Crippen LogP contribution in [0, 0.1) is 13.8 Å². The fraction of sp³-hybridized carbons (Fsp3) is 0.450. The smallest absolute Gasteiger partial charge is 0.350 e. The zero-order chi connectivity index (χ0) is 17.8. The highest BCUT2D eigenvalue weighted by molar-refractivity contribution is 7.13. The van der Waals surface area contributed by atoms with E-state index in [0.717, 1.165) is 5.01 Å². The number of ketones is 1. The van der Waals surface area contributed by atoms with Crippen molar-refractivity contribution in [1.29, 1.82) is 0 Å². The molecular weight excluding hydrogens is 334 g/mol. The number of aryl methyl sites for hydroxylation is 2. The maximum Gasteiger partial charge on any atom is 0.350 e. The van der Waals surface area contributed by atoms with Gasteiger partial charge in [-0.25, -0.2) is 9.78 Å². The van der Waals surface area contributed by atoms with Crippen molar-refractivity contribution in [3.63, 3.8) is 0 Å². The van der Waals surface area contributed by atoms with Crippen LogP contribution in [0.3, 0.4) is 0 Å². The number of nitrogens with zero attached hydrogens (tertiary/aromatic N) is 1. The van der Waals surface area contributed by atoms with Crippen LogP contribution in [0.1, 0.15) is 74.3 Å². The summed E-state index contributed by atoms with van der Waals surface area (Å²) in [5, 5.41) is 0.814. The first-order valence-corrected chi connectivity index (χ1v) is 9.60. The maximum atomic E-state index is 12.3. The molecule has 0 atom stereocenters. The number of esters is 1. The van der Waals surface area contributed by atoms with E-state index in [4.69, 9.17) is 4.74 Å². The van der Waals surface area contributed by atoms with Crippen molar-refractivity contribution in [2.45, 2.75) is 51.9 Å². The van der Waals surface area contributed by atoms with Gasteiger partial charge in [-0.15, -0.1) is 11.3 Å². The molecule has 0 amide bonds. The largest absolute Gasteiger partial charge is 0.453 e. The van der Waals surface area contributed by atoms with Crippen molar-refractivity contribution in [1.82, 2.24) is 4.98 Å². The fourth-order valence-electron chi connectivity index (χ4n) is 3.38. The van der Waals surface area contributed by atoms with E-state index in [1.807, 2.05) is 31.2 Å². The van der Waals surface area contributed by atoms with E-state index in [1.54, 1.807) is 6.92 Å². The van der Waals surface area contributed by atoms with Gasteiger partial charge in [-0.3, -0.25) is 4.79 Å². The summed E-state index contributed by atoms with van der Waals surface area (Å²) < 4.78 is 5.17. The predicted octanol–water partition coefficient (Wildman–Crippen LogP) is 4.85. The summed E-state index contributed by atoms with van der Waals surface area (Å²) in [6, 6.07) is 7.79. The van der Waals surface area contributed by atoms with Crippen molar-refractivity contribution in [3.8, 4) is 0 Å². The lowest BCUT2D eigenvalue weighted by atomic mass is 9.84. The Morgan fingerprint density at radius 1 is 1.12 bits per heavy atom. The van der Waals surface area contributed by atoms with Crippen molar-refractivity contribution in [3.05, 3.63) is 51.0 Å². The fourth-order valence-corrected chi connectivity index (χ4v) is 4.19. The van der Waals surface area contributed by atoms with Crippen molar-refractivity contribution < 1.29 is 14.3 Å². The molecule has 0 radical (unpaired) electrons. The van der Waals surface area contributed by atoms with Crippen LogP contribution in [0.25, 0.3) is 0 Å². The van der Waals surface area contributed by atoms with Gasteiger partial charge in [-0.1, -0.05) is 43.5 Å². The zero-order valence-electron chi connectivity index (χ0n) is 14.7. The minimum atomic E-state index is -0.477. The lowest BCUT2D eigenvalue weighted by molar-refractivity contribution is 0.0478. The third-order valence-electron chi connectivity index (χ3n) is 4.73. The molecule has 3 rings (SSSR count). The van der Waals surface area contributed by atoms with Crippen molar-refractivity contribution in [2.75, 3.05) is 6.61 Å². The molecule has 1 heterocycles. The molecular formula is C20H23NO3S. The SMILES string of the molecule is Cc1nc(C)c(C(=O)OCC(=O)c2ccc(C3CCCCC3)cc2)s1. The number of hydrogen-bond acceptors (Lipinski definition) is 5. The molecule has 1 fully saturated rings. The van der Waals surface area contributed by atoms with E-state index < -0.39 is 5.97 Å². The third kappa shape index (κ3) is 4.34. The summed E-state index contributed by atoms with van der Waals surface area (Å²) >= 11 is 1.29. The molecule has 4 nitrogen and oxygen atoms in total. The monoisotopic (exact) mass is 357 g/mol. The molecule has 0 aliphatic heterocycles. The first-order valence-electron chi connectivity index (χ1n) is 8.79. The van der Waals surface area contributed by atoms with Crippen LogP contribution in [0.5, 0.6) is 0 Å². The average Bonchev–Trinajstić information content (AvgIpc) is 2.98. The zero-order valence-corrected chi connectivity index (χ0v) is 15.5. The minimum absolute atomic E-state index is 0.178. The highest BCUT2D eigenvalue weighted by Gasteiger charge is 2.18. The number of Topliss-reactive ketones (excluding diaryl/α,β-unsaturated/α-hetero) is 1. The van der Waals surface area contributed by atoms with Crippen LogP contribution in [-0.4, -0.2) is 23.3 Å². The second-order valence-electron chi connectivity index (χ2n) is 6.60. The van der Waals surface area contributed by atoms with Gasteiger partial charge >= 0.3 is 5.97 Å². The third-order valence-corrected chi connectivity index (χ3v) is 5.79. The van der Waals surface area contributed by atoms with Gasteiger partial charge in [-0.2, -0.15) is 0 Å². The molecule has 1 aromatic heterocycles. The highest BCUT2D eigenvalue weighted by Crippen LogP contribution is 2.32. The van der Waals surface area contributed by atoms with Gasteiger partial charge in [0.25, 0.3) is 0 Å². The molecule has 1 aliphatic rings. The highest BCUT2D eigenvalue weighted by atomic mass is 32.1. The molecule has 132 valence electrons. The standard InChI is InChI=1S/C20H23NO3S/c1-13-19(25-14(2)21-13)20(23)24-12-18(22)17-10-8-16(9-11-17)15-6-4-3-5-7-15/h8-11,15H,3-7,12H2,1-2H3. The number of aromatic nitrogens is 1. The molecule has 2 aromatic rings. The topological polar surface area (TPSA) is 56.3 Å². The van der Waals surface area contributed by atoms with Gasteiger partial charge in [-0.05, 0) is 38.2 Å². The lowest BCUT2D eigenvalue weighted by Gasteiger charge is -2.22. The van der Waals surface area contributed by atoms with Crippen LogP contribution in [0.4, 0.5) is 0 Å². The van der Waals surface area contributed by atoms with Crippen LogP contribution in [0.2, 0.25) is 0 Å². The minimum Gasteiger partial charge on any atom is -0.453 e. The quantitative estimate of drug-likeness (QED) is 0.567. The van der Waals surface area contributed by atoms with Crippen molar-refractivity contribution >= 4 is 23.1 Å². The van der Waals surface area contributed by atoms with Gasteiger partial charge in [0.15, 0.2) is 12.4 Å². The van der Waals surface area contributed by atoms with E-state index in [9.17, 15) is 9.59 Å². The molecule has 1 saturated carbocycles. The van der Waals surface area contributed by atoms with Crippen LogP contribution < -0.4 is 0 Å². The van der Waals surface area contributed by atoms with Crippen LogP contribution in [0.15, 0.2) is 24.3 Å².